The Morgan fingerprint density at radius 3 is 2.63 bits per heavy atom. The van der Waals surface area contributed by atoms with Crippen LogP contribution in [-0.2, 0) is 11.3 Å². The monoisotopic (exact) mass is 384 g/mol. The maximum atomic E-state index is 13.7. The first-order valence-corrected chi connectivity index (χ1v) is 9.49. The van der Waals surface area contributed by atoms with Crippen LogP contribution in [0.15, 0.2) is 53.7 Å². The maximum Gasteiger partial charge on any atom is 0.237 e. The molecule has 1 N–H and O–H groups in total. The number of carbonyl (C=O) groups is 1. The third-order valence-electron chi connectivity index (χ3n) is 4.18. The second kappa shape index (κ2) is 8.35. The third kappa shape index (κ3) is 4.74. The van der Waals surface area contributed by atoms with Crippen molar-refractivity contribution in [2.45, 2.75) is 37.7 Å². The van der Waals surface area contributed by atoms with E-state index in [0.717, 1.165) is 11.4 Å². The van der Waals surface area contributed by atoms with Gasteiger partial charge >= 0.3 is 0 Å². The molecule has 0 aliphatic heterocycles. The number of aromatic nitrogens is 3. The van der Waals surface area contributed by atoms with Gasteiger partial charge in [-0.2, -0.15) is 0 Å². The molecule has 0 saturated heterocycles. The van der Waals surface area contributed by atoms with Crippen LogP contribution in [0.3, 0.4) is 0 Å². The van der Waals surface area contributed by atoms with Crippen molar-refractivity contribution >= 4 is 23.4 Å². The van der Waals surface area contributed by atoms with Crippen LogP contribution in [0, 0.1) is 19.7 Å². The zero-order chi connectivity index (χ0) is 19.4. The van der Waals surface area contributed by atoms with E-state index in [9.17, 15) is 9.18 Å². The third-order valence-corrected chi connectivity index (χ3v) is 5.26. The number of rotatable bonds is 6. The molecule has 5 nitrogen and oxygen atoms in total. The minimum atomic E-state index is -0.410. The van der Waals surface area contributed by atoms with Gasteiger partial charge in [0.15, 0.2) is 5.16 Å². The molecule has 0 bridgehead atoms. The summed E-state index contributed by atoms with van der Waals surface area (Å²) in [6, 6.07) is 14.7. The summed E-state index contributed by atoms with van der Waals surface area (Å²) in [7, 11) is 0. The lowest BCUT2D eigenvalue weighted by molar-refractivity contribution is -0.115. The van der Waals surface area contributed by atoms with Gasteiger partial charge in [0.05, 0.1) is 11.8 Å². The molecule has 2 aromatic carbocycles. The number of halogens is 1. The van der Waals surface area contributed by atoms with Crippen LogP contribution in [0.4, 0.5) is 10.1 Å². The lowest BCUT2D eigenvalue weighted by Crippen LogP contribution is -2.23. The molecular weight excluding hydrogens is 363 g/mol. The van der Waals surface area contributed by atoms with Crippen LogP contribution in [0.5, 0.6) is 0 Å². The molecule has 3 rings (SSSR count). The topological polar surface area (TPSA) is 59.8 Å². The Bertz CT molecular complexity index is 942. The molecule has 140 valence electrons. The highest BCUT2D eigenvalue weighted by molar-refractivity contribution is 8.00. The number of nitrogens with one attached hydrogen (secondary N) is 1. The average molecular weight is 384 g/mol. The van der Waals surface area contributed by atoms with Crippen LogP contribution < -0.4 is 5.32 Å². The lowest BCUT2D eigenvalue weighted by atomic mass is 10.2. The van der Waals surface area contributed by atoms with Crippen molar-refractivity contribution in [3.63, 3.8) is 0 Å². The Kier molecular flexibility index (Phi) is 5.91. The van der Waals surface area contributed by atoms with Crippen LogP contribution in [0.2, 0.25) is 0 Å². The number of amides is 1. The zero-order valence-electron chi connectivity index (χ0n) is 15.4. The summed E-state index contributed by atoms with van der Waals surface area (Å²) in [5.41, 5.74) is 2.12. The summed E-state index contributed by atoms with van der Waals surface area (Å²) in [4.78, 5) is 12.5. The minimum Gasteiger partial charge on any atom is -0.325 e. The highest BCUT2D eigenvalue weighted by atomic mass is 32.2. The molecule has 1 amide bonds. The normalized spacial score (nSPS) is 12.0. The fraction of sp³-hybridized carbons (Fsp3) is 0.250. The molecule has 0 aliphatic rings. The highest BCUT2D eigenvalue weighted by Crippen LogP contribution is 2.24. The molecule has 0 spiro atoms. The number of benzene rings is 2. The standard InChI is InChI=1S/C20H21FN4OS/c1-13-9-10-17(11-18(13)21)22-19(26)14(2)27-20-24-23-15(3)25(20)12-16-7-5-4-6-8-16/h4-11,14H,12H2,1-3H3,(H,22,26). The van der Waals surface area contributed by atoms with Crippen molar-refractivity contribution in [3.05, 3.63) is 71.3 Å². The molecule has 1 unspecified atom stereocenters. The average Bonchev–Trinajstić information content (AvgIpc) is 2.99. The largest absolute Gasteiger partial charge is 0.325 e. The molecule has 7 heteroatoms. The molecule has 0 aliphatic carbocycles. The van der Waals surface area contributed by atoms with Crippen LogP contribution in [-0.4, -0.2) is 25.9 Å². The fourth-order valence-electron chi connectivity index (χ4n) is 2.52. The summed E-state index contributed by atoms with van der Waals surface area (Å²) in [5.74, 6) is 0.232. The first-order valence-electron chi connectivity index (χ1n) is 8.61. The van der Waals surface area contributed by atoms with Gasteiger partial charge in [-0.25, -0.2) is 4.39 Å². The summed E-state index contributed by atoms with van der Waals surface area (Å²) < 4.78 is 15.6. The minimum absolute atomic E-state index is 0.213. The molecule has 3 aromatic rings. The van der Waals surface area contributed by atoms with Gasteiger partial charge in [-0.1, -0.05) is 48.2 Å². The van der Waals surface area contributed by atoms with Crippen molar-refractivity contribution in [1.29, 1.82) is 0 Å². The lowest BCUT2D eigenvalue weighted by Gasteiger charge is -2.13. The first kappa shape index (κ1) is 19.1. The van der Waals surface area contributed by atoms with Gasteiger partial charge in [-0.05, 0) is 44.0 Å². The Labute approximate surface area is 162 Å². The fourth-order valence-corrected chi connectivity index (χ4v) is 3.42. The Morgan fingerprint density at radius 1 is 1.19 bits per heavy atom. The number of anilines is 1. The number of hydrogen-bond donors (Lipinski definition) is 1. The number of hydrogen-bond acceptors (Lipinski definition) is 4. The summed E-state index contributed by atoms with van der Waals surface area (Å²) in [5, 5.41) is 11.4. The van der Waals surface area contributed by atoms with Gasteiger partial charge in [0.1, 0.15) is 11.6 Å². The van der Waals surface area contributed by atoms with Gasteiger partial charge < -0.3 is 9.88 Å². The van der Waals surface area contributed by atoms with Crippen LogP contribution in [0.25, 0.3) is 0 Å². The van der Waals surface area contributed by atoms with E-state index in [1.165, 1.54) is 17.8 Å². The van der Waals surface area contributed by atoms with E-state index in [1.807, 2.05) is 41.8 Å². The molecule has 0 saturated carbocycles. The molecule has 27 heavy (non-hydrogen) atoms. The molecule has 1 atom stereocenters. The van der Waals surface area contributed by atoms with E-state index < -0.39 is 5.25 Å². The van der Waals surface area contributed by atoms with E-state index in [2.05, 4.69) is 15.5 Å². The Balaban J connectivity index is 1.69. The van der Waals surface area contributed by atoms with Gasteiger partial charge in [0, 0.05) is 5.69 Å². The van der Waals surface area contributed by atoms with E-state index >= 15 is 0 Å². The van der Waals surface area contributed by atoms with Crippen LogP contribution in [0.1, 0.15) is 23.9 Å². The van der Waals surface area contributed by atoms with Crippen molar-refractivity contribution in [2.24, 2.45) is 0 Å². The SMILES string of the molecule is Cc1ccc(NC(=O)C(C)Sc2nnc(C)n2Cc2ccccc2)cc1F. The highest BCUT2D eigenvalue weighted by Gasteiger charge is 2.19. The quantitative estimate of drug-likeness (QED) is 0.647. The summed E-state index contributed by atoms with van der Waals surface area (Å²) in [6.45, 7) is 6.00. The molecule has 1 aromatic heterocycles. The van der Waals surface area contributed by atoms with Gasteiger partial charge in [-0.15, -0.1) is 10.2 Å². The maximum absolute atomic E-state index is 13.7. The second-order valence-corrected chi connectivity index (χ2v) is 7.62. The zero-order valence-corrected chi connectivity index (χ0v) is 16.3. The van der Waals surface area contributed by atoms with Crippen molar-refractivity contribution in [2.75, 3.05) is 5.32 Å². The Morgan fingerprint density at radius 2 is 1.93 bits per heavy atom. The van der Waals surface area contributed by atoms with E-state index in [-0.39, 0.29) is 11.7 Å². The first-order chi connectivity index (χ1) is 12.9. The van der Waals surface area contributed by atoms with E-state index in [1.54, 1.807) is 26.0 Å². The number of nitrogens with zero attached hydrogens (tertiary/aromatic N) is 3. The van der Waals surface area contributed by atoms with Gasteiger partial charge in [-0.3, -0.25) is 4.79 Å². The molecule has 1 heterocycles. The van der Waals surface area contributed by atoms with Gasteiger partial charge in [0.2, 0.25) is 5.91 Å². The van der Waals surface area contributed by atoms with E-state index in [4.69, 9.17) is 0 Å². The number of thioether (sulfide) groups is 1. The smallest absolute Gasteiger partial charge is 0.237 e. The van der Waals surface area contributed by atoms with Crippen molar-refractivity contribution < 1.29 is 9.18 Å². The molecular formula is C20H21FN4OS. The summed E-state index contributed by atoms with van der Waals surface area (Å²) in [6.07, 6.45) is 0. The Hall–Kier alpha value is -2.67. The van der Waals surface area contributed by atoms with Crippen molar-refractivity contribution in [3.8, 4) is 0 Å². The summed E-state index contributed by atoms with van der Waals surface area (Å²) >= 11 is 1.33. The predicted molar refractivity (Wildman–Crippen MR) is 105 cm³/mol. The molecule has 0 radical (unpaired) electrons. The number of carbonyl (C=O) groups excluding carboxylic acids is 1. The van der Waals surface area contributed by atoms with Gasteiger partial charge in [0.25, 0.3) is 0 Å². The molecule has 0 fully saturated rings. The second-order valence-electron chi connectivity index (χ2n) is 6.31. The van der Waals surface area contributed by atoms with E-state index in [0.29, 0.717) is 23.0 Å². The van der Waals surface area contributed by atoms with Crippen molar-refractivity contribution in [1.82, 2.24) is 14.8 Å². The number of aryl methyl sites for hydroxylation is 2. The van der Waals surface area contributed by atoms with Crippen LogP contribution >= 0.6 is 11.8 Å². The predicted octanol–water partition coefficient (Wildman–Crippen LogP) is 4.20.